The fraction of sp³-hybridized carbons (Fsp3) is 0.389. The van der Waals surface area contributed by atoms with Crippen molar-refractivity contribution in [2.75, 3.05) is 11.9 Å². The molecule has 0 fully saturated rings. The molecular formula is C18H24N4O2. The summed E-state index contributed by atoms with van der Waals surface area (Å²) < 4.78 is 0. The molecule has 0 saturated heterocycles. The van der Waals surface area contributed by atoms with Gasteiger partial charge in [-0.3, -0.25) is 4.79 Å². The summed E-state index contributed by atoms with van der Waals surface area (Å²) in [6.45, 7) is 5.92. The predicted molar refractivity (Wildman–Crippen MR) is 94.3 cm³/mol. The van der Waals surface area contributed by atoms with E-state index in [2.05, 4.69) is 34.7 Å². The second kappa shape index (κ2) is 8.40. The van der Waals surface area contributed by atoms with Crippen molar-refractivity contribution in [2.45, 2.75) is 33.2 Å². The maximum Gasteiger partial charge on any atom is 0.251 e. The number of nitrogens with one attached hydrogen (secondary N) is 2. The van der Waals surface area contributed by atoms with Gasteiger partial charge in [0.15, 0.2) is 5.82 Å². The fourth-order valence-electron chi connectivity index (χ4n) is 2.37. The normalized spacial score (nSPS) is 12.0. The Morgan fingerprint density at radius 2 is 2.00 bits per heavy atom. The molecule has 1 aromatic carbocycles. The maximum absolute atomic E-state index is 12.4. The summed E-state index contributed by atoms with van der Waals surface area (Å²) in [5, 5.41) is 23.4. The van der Waals surface area contributed by atoms with E-state index in [1.807, 2.05) is 25.1 Å². The Morgan fingerprint density at radius 3 is 2.62 bits per heavy atom. The number of anilines is 2. The van der Waals surface area contributed by atoms with Crippen molar-refractivity contribution in [3.63, 3.8) is 0 Å². The average Bonchev–Trinajstić information content (AvgIpc) is 2.56. The van der Waals surface area contributed by atoms with Crippen molar-refractivity contribution in [3.8, 4) is 0 Å². The number of carbonyl (C=O) groups is 1. The average molecular weight is 328 g/mol. The highest BCUT2D eigenvalue weighted by Crippen LogP contribution is 2.16. The van der Waals surface area contributed by atoms with Gasteiger partial charge in [-0.2, -0.15) is 5.10 Å². The summed E-state index contributed by atoms with van der Waals surface area (Å²) in [4.78, 5) is 12.4. The minimum atomic E-state index is -0.239. The number of amides is 1. The summed E-state index contributed by atoms with van der Waals surface area (Å²) in [6.07, 6.45) is 0.735. The maximum atomic E-state index is 12.4. The molecule has 6 nitrogen and oxygen atoms in total. The lowest BCUT2D eigenvalue weighted by molar-refractivity contribution is 0.0908. The van der Waals surface area contributed by atoms with E-state index in [0.717, 1.165) is 17.8 Å². The number of nitrogens with zero attached hydrogens (tertiary/aromatic N) is 2. The number of hydrogen-bond donors (Lipinski definition) is 3. The Hall–Kier alpha value is -2.47. The van der Waals surface area contributed by atoms with E-state index in [9.17, 15) is 9.90 Å². The molecule has 1 heterocycles. The molecule has 128 valence electrons. The van der Waals surface area contributed by atoms with Crippen molar-refractivity contribution < 1.29 is 9.90 Å². The standard InChI is InChI=1S/C18H24N4O2/c1-12(2)9-16(11-23)20-18(24)14-5-4-6-15(10-14)19-17-8-7-13(3)21-22-17/h4-8,10,12,16,23H,9,11H2,1-3H3,(H,19,22)(H,20,24). The molecule has 0 aliphatic heterocycles. The number of benzene rings is 1. The van der Waals surface area contributed by atoms with Gasteiger partial charge in [0.25, 0.3) is 5.91 Å². The third kappa shape index (κ3) is 5.31. The molecule has 0 bridgehead atoms. The first-order valence-corrected chi connectivity index (χ1v) is 8.07. The molecule has 0 aliphatic rings. The molecule has 24 heavy (non-hydrogen) atoms. The van der Waals surface area contributed by atoms with Crippen molar-refractivity contribution in [1.29, 1.82) is 0 Å². The SMILES string of the molecule is Cc1ccc(Nc2cccc(C(=O)NC(CO)CC(C)C)c2)nn1. The van der Waals surface area contributed by atoms with Crippen LogP contribution in [-0.2, 0) is 0 Å². The van der Waals surface area contributed by atoms with Gasteiger partial charge in [0, 0.05) is 11.3 Å². The zero-order valence-corrected chi connectivity index (χ0v) is 14.3. The molecule has 6 heteroatoms. The Labute approximate surface area is 142 Å². The van der Waals surface area contributed by atoms with Crippen LogP contribution in [0.4, 0.5) is 11.5 Å². The minimum absolute atomic E-state index is 0.0686. The molecule has 0 spiro atoms. The monoisotopic (exact) mass is 328 g/mol. The van der Waals surface area contributed by atoms with Crippen LogP contribution in [0.15, 0.2) is 36.4 Å². The Kier molecular flexibility index (Phi) is 6.26. The van der Waals surface area contributed by atoms with Crippen molar-refractivity contribution in [2.24, 2.45) is 5.92 Å². The quantitative estimate of drug-likeness (QED) is 0.727. The number of carbonyl (C=O) groups excluding carboxylic acids is 1. The van der Waals surface area contributed by atoms with Gasteiger partial charge in [-0.1, -0.05) is 19.9 Å². The van der Waals surface area contributed by atoms with Crippen LogP contribution in [0.25, 0.3) is 0 Å². The van der Waals surface area contributed by atoms with Gasteiger partial charge in [0.2, 0.25) is 0 Å². The van der Waals surface area contributed by atoms with Gasteiger partial charge in [-0.05, 0) is 49.6 Å². The van der Waals surface area contributed by atoms with Crippen LogP contribution in [0.3, 0.4) is 0 Å². The van der Waals surface area contributed by atoms with Crippen LogP contribution < -0.4 is 10.6 Å². The van der Waals surface area contributed by atoms with E-state index in [0.29, 0.717) is 17.3 Å². The molecule has 0 aliphatic carbocycles. The van der Waals surface area contributed by atoms with E-state index >= 15 is 0 Å². The van der Waals surface area contributed by atoms with Crippen molar-refractivity contribution >= 4 is 17.4 Å². The zero-order valence-electron chi connectivity index (χ0n) is 14.3. The molecule has 2 aromatic rings. The van der Waals surface area contributed by atoms with E-state index in [1.165, 1.54) is 0 Å². The predicted octanol–water partition coefficient (Wildman–Crippen LogP) is 2.67. The van der Waals surface area contributed by atoms with E-state index in [4.69, 9.17) is 0 Å². The number of aryl methyl sites for hydroxylation is 1. The number of hydrogen-bond acceptors (Lipinski definition) is 5. The van der Waals surface area contributed by atoms with E-state index in [1.54, 1.807) is 18.2 Å². The number of aromatic nitrogens is 2. The molecule has 1 amide bonds. The Balaban J connectivity index is 2.05. The molecule has 1 atom stereocenters. The van der Waals surface area contributed by atoms with Crippen molar-refractivity contribution in [3.05, 3.63) is 47.7 Å². The molecule has 3 N–H and O–H groups in total. The number of rotatable bonds is 7. The van der Waals surface area contributed by atoms with Gasteiger partial charge in [0.05, 0.1) is 18.3 Å². The van der Waals surface area contributed by atoms with Crippen LogP contribution in [-0.4, -0.2) is 33.9 Å². The summed E-state index contributed by atoms with van der Waals surface area (Å²) in [5.74, 6) is 0.815. The van der Waals surface area contributed by atoms with Gasteiger partial charge in [-0.25, -0.2) is 0 Å². The fourth-order valence-corrected chi connectivity index (χ4v) is 2.37. The number of aliphatic hydroxyl groups excluding tert-OH is 1. The van der Waals surface area contributed by atoms with Crippen LogP contribution in [0, 0.1) is 12.8 Å². The minimum Gasteiger partial charge on any atom is -0.394 e. The second-order valence-electron chi connectivity index (χ2n) is 6.25. The van der Waals surface area contributed by atoms with Gasteiger partial charge in [0.1, 0.15) is 0 Å². The molecule has 0 saturated carbocycles. The Bertz CT molecular complexity index is 671. The van der Waals surface area contributed by atoms with Crippen LogP contribution in [0.5, 0.6) is 0 Å². The molecule has 0 radical (unpaired) electrons. The smallest absolute Gasteiger partial charge is 0.251 e. The highest BCUT2D eigenvalue weighted by Gasteiger charge is 2.14. The topological polar surface area (TPSA) is 87.1 Å². The van der Waals surface area contributed by atoms with Crippen LogP contribution in [0.1, 0.15) is 36.3 Å². The summed E-state index contributed by atoms with van der Waals surface area (Å²) in [5.41, 5.74) is 2.13. The lowest BCUT2D eigenvalue weighted by Crippen LogP contribution is -2.38. The molecule has 1 aromatic heterocycles. The van der Waals surface area contributed by atoms with Gasteiger partial charge in [-0.15, -0.1) is 5.10 Å². The number of aliphatic hydroxyl groups is 1. The molecular weight excluding hydrogens is 304 g/mol. The van der Waals surface area contributed by atoms with Gasteiger partial charge < -0.3 is 15.7 Å². The first-order valence-electron chi connectivity index (χ1n) is 8.07. The van der Waals surface area contributed by atoms with Crippen LogP contribution in [0.2, 0.25) is 0 Å². The third-order valence-corrected chi connectivity index (χ3v) is 3.51. The highest BCUT2D eigenvalue weighted by molar-refractivity contribution is 5.95. The van der Waals surface area contributed by atoms with E-state index < -0.39 is 0 Å². The lowest BCUT2D eigenvalue weighted by atomic mass is 10.0. The van der Waals surface area contributed by atoms with Crippen molar-refractivity contribution in [1.82, 2.24) is 15.5 Å². The van der Waals surface area contributed by atoms with E-state index in [-0.39, 0.29) is 18.6 Å². The van der Waals surface area contributed by atoms with Gasteiger partial charge >= 0.3 is 0 Å². The highest BCUT2D eigenvalue weighted by atomic mass is 16.3. The zero-order chi connectivity index (χ0) is 17.5. The van der Waals surface area contributed by atoms with Crippen LogP contribution >= 0.6 is 0 Å². The lowest BCUT2D eigenvalue weighted by Gasteiger charge is -2.18. The molecule has 1 unspecified atom stereocenters. The first-order chi connectivity index (χ1) is 11.5. The molecule has 2 rings (SSSR count). The third-order valence-electron chi connectivity index (χ3n) is 3.51. The summed E-state index contributed by atoms with van der Waals surface area (Å²) in [6, 6.07) is 10.6. The summed E-state index contributed by atoms with van der Waals surface area (Å²) in [7, 11) is 0. The summed E-state index contributed by atoms with van der Waals surface area (Å²) >= 11 is 0. The largest absolute Gasteiger partial charge is 0.394 e. The Morgan fingerprint density at radius 1 is 1.21 bits per heavy atom. The second-order valence-corrected chi connectivity index (χ2v) is 6.25. The first kappa shape index (κ1) is 17.9.